The molecule has 5 N–H and O–H groups in total. The summed E-state index contributed by atoms with van der Waals surface area (Å²) in [5.41, 5.74) is 12.0. The molecule has 0 aliphatic carbocycles. The van der Waals surface area contributed by atoms with Crippen molar-refractivity contribution in [3.05, 3.63) is 59.2 Å². The number of anilines is 3. The number of ether oxygens (including phenoxy) is 1. The average Bonchev–Trinajstić information content (AvgIpc) is 3.14. The second kappa shape index (κ2) is 8.02. The van der Waals surface area contributed by atoms with Gasteiger partial charge in [-0.15, -0.1) is 0 Å². The van der Waals surface area contributed by atoms with Crippen LogP contribution in [0.3, 0.4) is 0 Å². The number of halogens is 3. The zero-order chi connectivity index (χ0) is 23.0. The molecule has 4 aromatic rings. The Bertz CT molecular complexity index is 1340. The number of benzene rings is 1. The number of fused-ring (bicyclic) bond motifs is 1. The molecular weight excluding hydrogens is 429 g/mol. The van der Waals surface area contributed by atoms with Crippen molar-refractivity contribution in [2.24, 2.45) is 0 Å². The van der Waals surface area contributed by atoms with Gasteiger partial charge in [-0.25, -0.2) is 18.0 Å². The predicted octanol–water partition coefficient (Wildman–Crippen LogP) is 2.56. The van der Waals surface area contributed by atoms with Crippen LogP contribution in [0.25, 0.3) is 17.0 Å². The molecule has 3 heterocycles. The fourth-order valence-corrected chi connectivity index (χ4v) is 3.04. The highest BCUT2D eigenvalue weighted by Crippen LogP contribution is 2.27. The Morgan fingerprint density at radius 2 is 1.81 bits per heavy atom. The molecule has 0 aliphatic heterocycles. The van der Waals surface area contributed by atoms with Crippen LogP contribution in [0.4, 0.5) is 35.3 Å². The Labute approximate surface area is 178 Å². The lowest BCUT2D eigenvalue weighted by Crippen LogP contribution is -2.17. The molecule has 32 heavy (non-hydrogen) atoms. The number of rotatable bonds is 4. The molecule has 1 aromatic carbocycles. The number of hydrogen-bond donors (Lipinski definition) is 3. The van der Waals surface area contributed by atoms with Gasteiger partial charge in [0.1, 0.15) is 17.0 Å². The summed E-state index contributed by atoms with van der Waals surface area (Å²) in [4.78, 5) is 23.8. The molecule has 0 bridgehead atoms. The van der Waals surface area contributed by atoms with E-state index in [1.54, 1.807) is 12.1 Å². The minimum absolute atomic E-state index is 0.0562. The minimum Gasteiger partial charge on any atom is -0.453 e. The first kappa shape index (κ1) is 20.8. The number of aromatic nitrogens is 5. The fourth-order valence-electron chi connectivity index (χ4n) is 3.04. The maximum atomic E-state index is 14.2. The molecule has 0 unspecified atom stereocenters. The fraction of sp³-hybridized carbons (Fsp3) is 0.105. The van der Waals surface area contributed by atoms with E-state index in [4.69, 9.17) is 11.5 Å². The van der Waals surface area contributed by atoms with Crippen LogP contribution in [0, 0.1) is 17.5 Å². The third-order valence-corrected chi connectivity index (χ3v) is 4.55. The van der Waals surface area contributed by atoms with Gasteiger partial charge < -0.3 is 16.2 Å². The summed E-state index contributed by atoms with van der Waals surface area (Å²) in [5.74, 6) is -3.85. The van der Waals surface area contributed by atoms with Crippen molar-refractivity contribution >= 4 is 34.4 Å². The molecule has 164 valence electrons. The van der Waals surface area contributed by atoms with Gasteiger partial charge in [0.2, 0.25) is 0 Å². The van der Waals surface area contributed by atoms with E-state index in [1.165, 1.54) is 10.9 Å². The molecule has 10 nitrogen and oxygen atoms in total. The molecule has 1 amide bonds. The Balaban J connectivity index is 1.83. The molecule has 0 atom stereocenters. The van der Waals surface area contributed by atoms with Gasteiger partial charge in [-0.2, -0.15) is 19.7 Å². The van der Waals surface area contributed by atoms with Crippen molar-refractivity contribution in [1.29, 1.82) is 0 Å². The number of amides is 1. The van der Waals surface area contributed by atoms with Crippen molar-refractivity contribution in [2.45, 2.75) is 6.42 Å². The summed E-state index contributed by atoms with van der Waals surface area (Å²) in [6, 6.07) is 4.76. The van der Waals surface area contributed by atoms with Gasteiger partial charge in [-0.3, -0.25) is 10.3 Å². The average molecular weight is 444 g/mol. The molecular formula is C19H15F3N8O2. The van der Waals surface area contributed by atoms with Crippen molar-refractivity contribution < 1.29 is 22.7 Å². The zero-order valence-electron chi connectivity index (χ0n) is 16.4. The van der Waals surface area contributed by atoms with E-state index in [-0.39, 0.29) is 40.9 Å². The summed E-state index contributed by atoms with van der Waals surface area (Å²) in [7, 11) is 1.16. The smallest absolute Gasteiger partial charge is 0.411 e. The molecule has 0 radical (unpaired) electrons. The lowest BCUT2D eigenvalue weighted by Gasteiger charge is -2.10. The molecule has 0 spiro atoms. The number of carbonyl (C=O) groups excluding carboxylic acids is 1. The lowest BCUT2D eigenvalue weighted by atomic mass is 10.1. The van der Waals surface area contributed by atoms with Gasteiger partial charge in [0.05, 0.1) is 18.3 Å². The van der Waals surface area contributed by atoms with Gasteiger partial charge in [0.15, 0.2) is 23.3 Å². The van der Waals surface area contributed by atoms with Crippen LogP contribution in [0.2, 0.25) is 0 Å². The topological polar surface area (TPSA) is 147 Å². The van der Waals surface area contributed by atoms with Gasteiger partial charge in [0, 0.05) is 18.2 Å². The van der Waals surface area contributed by atoms with Crippen LogP contribution in [-0.2, 0) is 11.2 Å². The summed E-state index contributed by atoms with van der Waals surface area (Å²) in [6.07, 6.45) is 0.251. The maximum Gasteiger partial charge on any atom is 0.411 e. The second-order valence-corrected chi connectivity index (χ2v) is 6.51. The normalized spacial score (nSPS) is 11.0. The Hall–Kier alpha value is -4.42. The third kappa shape index (κ3) is 3.59. The standard InChI is InChI=1S/C19H15F3N8O2/c1-32-19(31)26-15-16(23)27-18(28-17(15)24)30-12-3-2-6-25-14(12)11(29-30)7-8-9(20)4-5-10(21)13(8)22/h2-6H,7H2,1H3,(H,26,31)(H4,23,24,27,28). The Morgan fingerprint density at radius 1 is 1.12 bits per heavy atom. The van der Waals surface area contributed by atoms with Crippen molar-refractivity contribution in [1.82, 2.24) is 24.7 Å². The first-order valence-corrected chi connectivity index (χ1v) is 9.03. The van der Waals surface area contributed by atoms with E-state index in [0.717, 1.165) is 13.2 Å². The molecule has 0 fully saturated rings. The number of nitrogen functional groups attached to an aromatic ring is 2. The van der Waals surface area contributed by atoms with Gasteiger partial charge >= 0.3 is 6.09 Å². The summed E-state index contributed by atoms with van der Waals surface area (Å²) in [5, 5.41) is 6.61. The van der Waals surface area contributed by atoms with Crippen LogP contribution < -0.4 is 16.8 Å². The largest absolute Gasteiger partial charge is 0.453 e. The molecule has 0 saturated carbocycles. The molecule has 0 saturated heterocycles. The summed E-state index contributed by atoms with van der Waals surface area (Å²) >= 11 is 0. The van der Waals surface area contributed by atoms with Crippen LogP contribution in [0.1, 0.15) is 11.3 Å². The van der Waals surface area contributed by atoms with Crippen LogP contribution in [-0.4, -0.2) is 37.9 Å². The molecule has 3 aromatic heterocycles. The first-order chi connectivity index (χ1) is 15.3. The first-order valence-electron chi connectivity index (χ1n) is 9.03. The number of nitrogens with one attached hydrogen (secondary N) is 1. The van der Waals surface area contributed by atoms with Crippen LogP contribution in [0.5, 0.6) is 0 Å². The van der Waals surface area contributed by atoms with Gasteiger partial charge in [-0.1, -0.05) is 0 Å². The number of nitrogens with two attached hydrogens (primary N) is 2. The van der Waals surface area contributed by atoms with E-state index in [2.05, 4.69) is 30.1 Å². The van der Waals surface area contributed by atoms with Crippen LogP contribution >= 0.6 is 0 Å². The number of methoxy groups -OCH3 is 1. The molecule has 0 aliphatic rings. The number of hydrogen-bond acceptors (Lipinski definition) is 8. The molecule has 13 heteroatoms. The lowest BCUT2D eigenvalue weighted by molar-refractivity contribution is 0.187. The van der Waals surface area contributed by atoms with Crippen molar-refractivity contribution in [3.8, 4) is 5.95 Å². The van der Waals surface area contributed by atoms with E-state index in [0.29, 0.717) is 11.6 Å². The quantitative estimate of drug-likeness (QED) is 0.407. The minimum atomic E-state index is -1.31. The van der Waals surface area contributed by atoms with E-state index in [1.807, 2.05) is 0 Å². The van der Waals surface area contributed by atoms with Crippen molar-refractivity contribution in [3.63, 3.8) is 0 Å². The van der Waals surface area contributed by atoms with Crippen molar-refractivity contribution in [2.75, 3.05) is 23.9 Å². The third-order valence-electron chi connectivity index (χ3n) is 4.55. The SMILES string of the molecule is COC(=O)Nc1c(N)nc(-n2nc(Cc3c(F)ccc(F)c3F)c3ncccc32)nc1N. The van der Waals surface area contributed by atoms with Crippen LogP contribution in [0.15, 0.2) is 30.5 Å². The number of pyridine rings is 1. The number of carbonyl (C=O) groups is 1. The highest BCUT2D eigenvalue weighted by molar-refractivity contribution is 5.92. The highest BCUT2D eigenvalue weighted by Gasteiger charge is 2.22. The Morgan fingerprint density at radius 3 is 2.50 bits per heavy atom. The summed E-state index contributed by atoms with van der Waals surface area (Å²) in [6.45, 7) is 0. The van der Waals surface area contributed by atoms with E-state index < -0.39 is 29.1 Å². The summed E-state index contributed by atoms with van der Waals surface area (Å²) < 4.78 is 47.7. The zero-order valence-corrected chi connectivity index (χ0v) is 16.4. The number of nitrogens with zero attached hydrogens (tertiary/aromatic N) is 5. The molecule has 4 rings (SSSR count). The Kier molecular flexibility index (Phi) is 5.22. The maximum absolute atomic E-state index is 14.2. The highest BCUT2D eigenvalue weighted by atomic mass is 19.2. The van der Waals surface area contributed by atoms with E-state index >= 15 is 0 Å². The van der Waals surface area contributed by atoms with Gasteiger partial charge in [-0.05, 0) is 24.3 Å². The van der Waals surface area contributed by atoms with E-state index in [9.17, 15) is 18.0 Å². The monoisotopic (exact) mass is 444 g/mol. The van der Waals surface area contributed by atoms with Gasteiger partial charge in [0.25, 0.3) is 5.95 Å². The predicted molar refractivity (Wildman–Crippen MR) is 108 cm³/mol. The second-order valence-electron chi connectivity index (χ2n) is 6.51.